The van der Waals surface area contributed by atoms with Crippen LogP contribution in [0.3, 0.4) is 0 Å². The van der Waals surface area contributed by atoms with Crippen LogP contribution in [-0.2, 0) is 0 Å². The number of aromatic nitrogens is 3. The molecule has 0 unspecified atom stereocenters. The van der Waals surface area contributed by atoms with Crippen molar-refractivity contribution in [2.24, 2.45) is 0 Å². The summed E-state index contributed by atoms with van der Waals surface area (Å²) in [7, 11) is 0. The van der Waals surface area contributed by atoms with Gasteiger partial charge in [0.05, 0.1) is 0 Å². The molecule has 5 heteroatoms. The summed E-state index contributed by atoms with van der Waals surface area (Å²) < 4.78 is 8.88. The van der Waals surface area contributed by atoms with Gasteiger partial charge in [-0.15, -0.1) is 11.3 Å². The maximum atomic E-state index is 6.29. The zero-order chi connectivity index (χ0) is 37.9. The van der Waals surface area contributed by atoms with E-state index in [0.717, 1.165) is 49.4 Å². The number of benzene rings is 9. The van der Waals surface area contributed by atoms with Gasteiger partial charge in [0.25, 0.3) is 0 Å². The van der Waals surface area contributed by atoms with Crippen molar-refractivity contribution in [3.63, 3.8) is 0 Å². The average molecular weight is 756 g/mol. The molecule has 268 valence electrons. The molecule has 0 saturated heterocycles. The van der Waals surface area contributed by atoms with E-state index < -0.39 is 0 Å². The fraction of sp³-hybridized carbons (Fsp3) is 0. The number of hydrogen-bond acceptors (Lipinski definition) is 5. The Kier molecular flexibility index (Phi) is 6.57. The summed E-state index contributed by atoms with van der Waals surface area (Å²) in [6.07, 6.45) is 0. The van der Waals surface area contributed by atoms with E-state index in [1.54, 1.807) is 0 Å². The number of hydrogen-bond donors (Lipinski definition) is 0. The van der Waals surface area contributed by atoms with Gasteiger partial charge in [-0.2, -0.15) is 0 Å². The lowest BCUT2D eigenvalue weighted by Crippen LogP contribution is -2.01. The lowest BCUT2D eigenvalue weighted by atomic mass is 9.91. The van der Waals surface area contributed by atoms with Gasteiger partial charge >= 0.3 is 0 Å². The first-order chi connectivity index (χ1) is 28.7. The molecular formula is C53H29N3OS. The van der Waals surface area contributed by atoms with Gasteiger partial charge in [-0.1, -0.05) is 140 Å². The highest BCUT2D eigenvalue weighted by Gasteiger charge is 2.24. The van der Waals surface area contributed by atoms with Gasteiger partial charge in [-0.3, -0.25) is 0 Å². The zero-order valence-electron chi connectivity index (χ0n) is 30.9. The first-order valence-corrected chi connectivity index (χ1v) is 20.3. The van der Waals surface area contributed by atoms with Crippen LogP contribution >= 0.6 is 11.3 Å². The second-order valence-corrected chi connectivity index (χ2v) is 16.1. The van der Waals surface area contributed by atoms with Gasteiger partial charge in [-0.25, -0.2) is 15.0 Å². The highest BCUT2D eigenvalue weighted by Crippen LogP contribution is 2.52. The minimum absolute atomic E-state index is 0.606. The van der Waals surface area contributed by atoms with Crippen molar-refractivity contribution in [3.05, 3.63) is 176 Å². The Morgan fingerprint density at radius 1 is 0.328 bits per heavy atom. The molecule has 13 rings (SSSR count). The van der Waals surface area contributed by atoms with Crippen molar-refractivity contribution in [2.45, 2.75) is 0 Å². The molecule has 4 nitrogen and oxygen atoms in total. The topological polar surface area (TPSA) is 51.8 Å². The second-order valence-electron chi connectivity index (χ2n) is 15.0. The Morgan fingerprint density at radius 3 is 1.72 bits per heavy atom. The molecule has 0 saturated carbocycles. The second kappa shape index (κ2) is 12.0. The largest absolute Gasteiger partial charge is 0.456 e. The van der Waals surface area contributed by atoms with Crippen LogP contribution in [0.25, 0.3) is 131 Å². The van der Waals surface area contributed by atoms with Crippen LogP contribution in [0.2, 0.25) is 0 Å². The number of furan rings is 1. The van der Waals surface area contributed by atoms with Crippen molar-refractivity contribution in [1.82, 2.24) is 15.0 Å². The van der Waals surface area contributed by atoms with Crippen molar-refractivity contribution < 1.29 is 4.42 Å². The van der Waals surface area contributed by atoms with E-state index in [-0.39, 0.29) is 0 Å². The third kappa shape index (κ3) is 4.53. The van der Waals surface area contributed by atoms with E-state index in [1.165, 1.54) is 64.3 Å². The van der Waals surface area contributed by atoms with E-state index in [2.05, 4.69) is 127 Å². The van der Waals surface area contributed by atoms with Crippen molar-refractivity contribution in [3.8, 4) is 67.5 Å². The maximum absolute atomic E-state index is 6.29. The number of rotatable bonds is 4. The van der Waals surface area contributed by atoms with Crippen LogP contribution in [0.15, 0.2) is 180 Å². The monoisotopic (exact) mass is 755 g/mol. The molecule has 0 N–H and O–H groups in total. The van der Waals surface area contributed by atoms with Crippen LogP contribution in [-0.4, -0.2) is 15.0 Å². The molecule has 0 spiro atoms. The van der Waals surface area contributed by atoms with Gasteiger partial charge in [0.15, 0.2) is 17.5 Å². The van der Waals surface area contributed by atoms with E-state index in [0.29, 0.717) is 17.5 Å². The minimum atomic E-state index is 0.606. The molecule has 0 aliphatic heterocycles. The van der Waals surface area contributed by atoms with E-state index in [4.69, 9.17) is 19.4 Å². The van der Waals surface area contributed by atoms with Gasteiger partial charge in [-0.05, 0) is 91.3 Å². The highest BCUT2D eigenvalue weighted by atomic mass is 32.1. The number of nitrogens with zero attached hydrogens (tertiary/aromatic N) is 3. The minimum Gasteiger partial charge on any atom is -0.456 e. The standard InChI is InChI=1S/C53H29N3OS/c1-2-12-31(13-3-1)51-54-52(56-53(55-51)40-22-10-24-45-49(40)39-18-6-7-23-44(39)57-45)38-27-26-34(32-16-4-5-17-33(32)38)35-21-11-25-46-50(35)43-28-41-36-19-8-14-30-15-9-20-37(48(30)36)42(41)29-47(43)58-46/h1-29H. The summed E-state index contributed by atoms with van der Waals surface area (Å²) in [5.41, 5.74) is 12.1. The first-order valence-electron chi connectivity index (χ1n) is 19.5. The van der Waals surface area contributed by atoms with Crippen LogP contribution < -0.4 is 0 Å². The summed E-state index contributed by atoms with van der Waals surface area (Å²) in [5, 5.41) is 9.50. The third-order valence-electron chi connectivity index (χ3n) is 11.9. The Labute approximate surface area is 336 Å². The van der Waals surface area contributed by atoms with Crippen LogP contribution in [0.5, 0.6) is 0 Å². The molecule has 58 heavy (non-hydrogen) atoms. The molecule has 1 aliphatic rings. The van der Waals surface area contributed by atoms with Gasteiger partial charge < -0.3 is 4.42 Å². The van der Waals surface area contributed by atoms with Gasteiger partial charge in [0.2, 0.25) is 0 Å². The summed E-state index contributed by atoms with van der Waals surface area (Å²) >= 11 is 1.88. The predicted molar refractivity (Wildman–Crippen MR) is 241 cm³/mol. The fourth-order valence-electron chi connectivity index (χ4n) is 9.36. The van der Waals surface area contributed by atoms with E-state index in [9.17, 15) is 0 Å². The third-order valence-corrected chi connectivity index (χ3v) is 13.0. The number of thiophene rings is 1. The molecule has 0 bridgehead atoms. The smallest absolute Gasteiger partial charge is 0.164 e. The molecular weight excluding hydrogens is 727 g/mol. The van der Waals surface area contributed by atoms with E-state index >= 15 is 0 Å². The molecule has 0 amide bonds. The summed E-state index contributed by atoms with van der Waals surface area (Å²) in [6.45, 7) is 0. The van der Waals surface area contributed by atoms with Gasteiger partial charge in [0, 0.05) is 47.6 Å². The quantitative estimate of drug-likeness (QED) is 0.179. The SMILES string of the molecule is c1ccc(-c2nc(-c3ccc(-c4cccc5sc6cc7c(cc6c45)-c4cccc5cccc-7c45)c4ccccc34)nc(-c3cccc4oc5ccccc5c34)n2)cc1. The molecule has 3 aromatic heterocycles. The maximum Gasteiger partial charge on any atom is 0.164 e. The predicted octanol–water partition coefficient (Wildman–Crippen LogP) is 14.8. The Hall–Kier alpha value is -7.47. The Morgan fingerprint density at radius 2 is 0.914 bits per heavy atom. The van der Waals surface area contributed by atoms with Crippen molar-refractivity contribution in [2.75, 3.05) is 0 Å². The molecule has 12 aromatic rings. The van der Waals surface area contributed by atoms with Crippen LogP contribution in [0, 0.1) is 0 Å². The van der Waals surface area contributed by atoms with E-state index in [1.807, 2.05) is 59.9 Å². The fourth-order valence-corrected chi connectivity index (χ4v) is 10.5. The normalized spacial score (nSPS) is 12.1. The summed E-state index contributed by atoms with van der Waals surface area (Å²) in [5.74, 6) is 1.85. The molecule has 0 fully saturated rings. The molecule has 9 aromatic carbocycles. The zero-order valence-corrected chi connectivity index (χ0v) is 31.7. The lowest BCUT2D eigenvalue weighted by molar-refractivity contribution is 0.669. The number of fused-ring (bicyclic) bond motifs is 10. The molecule has 3 heterocycles. The lowest BCUT2D eigenvalue weighted by Gasteiger charge is -2.14. The summed E-state index contributed by atoms with van der Waals surface area (Å²) in [4.78, 5) is 15.6. The van der Waals surface area contributed by atoms with Crippen LogP contribution in [0.4, 0.5) is 0 Å². The van der Waals surface area contributed by atoms with Crippen molar-refractivity contribution >= 4 is 75.0 Å². The van der Waals surface area contributed by atoms with Gasteiger partial charge in [0.1, 0.15) is 11.2 Å². The molecule has 0 radical (unpaired) electrons. The van der Waals surface area contributed by atoms with Crippen molar-refractivity contribution in [1.29, 1.82) is 0 Å². The Bertz CT molecular complexity index is 3690. The first kappa shape index (κ1) is 31.7. The molecule has 1 aliphatic carbocycles. The number of para-hydroxylation sites is 1. The van der Waals surface area contributed by atoms with Crippen LogP contribution in [0.1, 0.15) is 0 Å². The summed E-state index contributed by atoms with van der Waals surface area (Å²) in [6, 6.07) is 62.5. The average Bonchev–Trinajstić information content (AvgIpc) is 3.96. The molecule has 0 atom stereocenters. The Balaban J connectivity index is 1.03. The highest BCUT2D eigenvalue weighted by molar-refractivity contribution is 7.26.